The summed E-state index contributed by atoms with van der Waals surface area (Å²) >= 11 is 0. The summed E-state index contributed by atoms with van der Waals surface area (Å²) in [5, 5.41) is 6.10. The maximum Gasteiger partial charge on any atom is 0.262 e. The minimum absolute atomic E-state index is 0.0404. The number of aryl methyl sites for hydroxylation is 2. The van der Waals surface area contributed by atoms with E-state index < -0.39 is 0 Å². The van der Waals surface area contributed by atoms with Crippen molar-refractivity contribution >= 4 is 29.0 Å². The van der Waals surface area contributed by atoms with E-state index in [-0.39, 0.29) is 12.5 Å². The van der Waals surface area contributed by atoms with Gasteiger partial charge in [0, 0.05) is 36.2 Å². The van der Waals surface area contributed by atoms with Crippen molar-refractivity contribution in [3.63, 3.8) is 0 Å². The van der Waals surface area contributed by atoms with E-state index in [0.717, 1.165) is 35.9 Å². The lowest BCUT2D eigenvalue weighted by molar-refractivity contribution is -0.118. The maximum absolute atomic E-state index is 12.2. The molecule has 0 spiro atoms. The van der Waals surface area contributed by atoms with Gasteiger partial charge in [0.05, 0.1) is 0 Å². The number of nitrogens with zero attached hydrogens (tertiary/aromatic N) is 3. The van der Waals surface area contributed by atoms with Crippen molar-refractivity contribution in [3.8, 4) is 5.75 Å². The molecule has 3 aromatic rings. The van der Waals surface area contributed by atoms with Crippen LogP contribution in [0.1, 0.15) is 24.1 Å². The van der Waals surface area contributed by atoms with Crippen LogP contribution in [-0.4, -0.2) is 35.6 Å². The zero-order chi connectivity index (χ0) is 21.6. The van der Waals surface area contributed by atoms with Crippen molar-refractivity contribution in [1.29, 1.82) is 0 Å². The number of nitrogens with one attached hydrogen (secondary N) is 2. The quantitative estimate of drug-likeness (QED) is 0.591. The van der Waals surface area contributed by atoms with Gasteiger partial charge in [-0.3, -0.25) is 4.79 Å². The minimum atomic E-state index is -0.207. The smallest absolute Gasteiger partial charge is 0.262 e. The van der Waals surface area contributed by atoms with Crippen LogP contribution in [-0.2, 0) is 4.79 Å². The number of hydrogen-bond donors (Lipinski definition) is 2. The zero-order valence-corrected chi connectivity index (χ0v) is 17.9. The Morgan fingerprint density at radius 2 is 1.71 bits per heavy atom. The predicted molar refractivity (Wildman–Crippen MR) is 123 cm³/mol. The lowest BCUT2D eigenvalue weighted by Crippen LogP contribution is -2.20. The van der Waals surface area contributed by atoms with Crippen LogP contribution < -0.4 is 20.3 Å². The molecule has 2 N–H and O–H groups in total. The Hall–Kier alpha value is -3.61. The molecule has 4 rings (SSSR count). The summed E-state index contributed by atoms with van der Waals surface area (Å²) in [7, 11) is 0. The molecule has 7 heteroatoms. The monoisotopic (exact) mass is 417 g/mol. The van der Waals surface area contributed by atoms with Gasteiger partial charge < -0.3 is 20.3 Å². The Kier molecular flexibility index (Phi) is 6.31. The number of carbonyl (C=O) groups excluding carboxylic acids is 1. The number of rotatable bonds is 7. The van der Waals surface area contributed by atoms with E-state index in [2.05, 4.69) is 25.5 Å². The third-order valence-corrected chi connectivity index (χ3v) is 5.15. The first-order valence-electron chi connectivity index (χ1n) is 10.5. The molecule has 1 aliphatic heterocycles. The second-order valence-electron chi connectivity index (χ2n) is 7.69. The van der Waals surface area contributed by atoms with Gasteiger partial charge in [-0.2, -0.15) is 4.98 Å². The fraction of sp³-hybridized carbons (Fsp3) is 0.292. The fourth-order valence-corrected chi connectivity index (χ4v) is 3.54. The Labute approximate surface area is 182 Å². The molecule has 1 saturated heterocycles. The van der Waals surface area contributed by atoms with Crippen molar-refractivity contribution < 1.29 is 9.53 Å². The van der Waals surface area contributed by atoms with Gasteiger partial charge in [0.2, 0.25) is 5.95 Å². The molecule has 160 valence electrons. The number of hydrogen-bond acceptors (Lipinski definition) is 6. The lowest BCUT2D eigenvalue weighted by atomic mass is 10.2. The Morgan fingerprint density at radius 3 is 2.45 bits per heavy atom. The molecule has 0 bridgehead atoms. The summed E-state index contributed by atoms with van der Waals surface area (Å²) in [6.07, 6.45) is 2.41. The standard InChI is InChI=1S/C24H27N5O2/c1-17-7-3-4-8-21(17)31-16-23(30)26-19-9-11-20(12-10-19)27-24-25-18(2)15-22(28-24)29-13-5-6-14-29/h3-4,7-12,15H,5-6,13-14,16H2,1-2H3,(H,26,30)(H,25,27,28). The third kappa shape index (κ3) is 5.51. The van der Waals surface area contributed by atoms with Crippen molar-refractivity contribution in [2.75, 3.05) is 35.2 Å². The molecule has 0 atom stereocenters. The second-order valence-corrected chi connectivity index (χ2v) is 7.69. The fourth-order valence-electron chi connectivity index (χ4n) is 3.54. The SMILES string of the molecule is Cc1cc(N2CCCC2)nc(Nc2ccc(NC(=O)COc3ccccc3C)cc2)n1. The van der Waals surface area contributed by atoms with Crippen LogP contribution in [0.5, 0.6) is 5.75 Å². The first kappa shape index (κ1) is 20.7. The van der Waals surface area contributed by atoms with Gasteiger partial charge in [-0.05, 0) is 62.6 Å². The molecule has 2 heterocycles. The van der Waals surface area contributed by atoms with Gasteiger partial charge >= 0.3 is 0 Å². The normalized spacial score (nSPS) is 13.2. The summed E-state index contributed by atoms with van der Waals surface area (Å²) in [5.41, 5.74) is 3.48. The number of benzene rings is 2. The van der Waals surface area contributed by atoms with Crippen LogP contribution in [0.2, 0.25) is 0 Å². The number of ether oxygens (including phenoxy) is 1. The largest absolute Gasteiger partial charge is 0.483 e. The van der Waals surface area contributed by atoms with Crippen molar-refractivity contribution in [1.82, 2.24) is 9.97 Å². The van der Waals surface area contributed by atoms with Gasteiger partial charge in [0.25, 0.3) is 5.91 Å². The summed E-state index contributed by atoms with van der Waals surface area (Å²) in [6.45, 7) is 5.96. The number of anilines is 4. The van der Waals surface area contributed by atoms with E-state index in [4.69, 9.17) is 4.74 Å². The number of aromatic nitrogens is 2. The molecule has 1 amide bonds. The van der Waals surface area contributed by atoms with Crippen LogP contribution in [0.3, 0.4) is 0 Å². The first-order chi connectivity index (χ1) is 15.1. The van der Waals surface area contributed by atoms with Crippen LogP contribution in [0.4, 0.5) is 23.1 Å². The van der Waals surface area contributed by atoms with Gasteiger partial charge in [0.15, 0.2) is 6.61 Å². The predicted octanol–water partition coefficient (Wildman–Crippen LogP) is 4.45. The molecule has 0 aliphatic carbocycles. The van der Waals surface area contributed by atoms with Crippen molar-refractivity contribution in [3.05, 3.63) is 65.9 Å². The molecule has 1 aromatic heterocycles. The van der Waals surface area contributed by atoms with E-state index in [1.165, 1.54) is 12.8 Å². The highest BCUT2D eigenvalue weighted by atomic mass is 16.5. The van der Waals surface area contributed by atoms with Crippen LogP contribution in [0, 0.1) is 13.8 Å². The van der Waals surface area contributed by atoms with E-state index in [1.54, 1.807) is 0 Å². The molecular formula is C24H27N5O2. The molecule has 7 nitrogen and oxygen atoms in total. The summed E-state index contributed by atoms with van der Waals surface area (Å²) in [5.74, 6) is 2.04. The second kappa shape index (κ2) is 9.47. The summed E-state index contributed by atoms with van der Waals surface area (Å²) < 4.78 is 5.59. The Morgan fingerprint density at radius 1 is 1.00 bits per heavy atom. The molecular weight excluding hydrogens is 390 g/mol. The molecule has 0 saturated carbocycles. The zero-order valence-electron chi connectivity index (χ0n) is 17.9. The van der Waals surface area contributed by atoms with Crippen LogP contribution in [0.15, 0.2) is 54.6 Å². The average molecular weight is 418 g/mol. The van der Waals surface area contributed by atoms with E-state index in [1.807, 2.05) is 68.4 Å². The third-order valence-electron chi connectivity index (χ3n) is 5.15. The summed E-state index contributed by atoms with van der Waals surface area (Å²) in [6, 6.07) is 17.1. The highest BCUT2D eigenvalue weighted by molar-refractivity contribution is 5.92. The number of carbonyl (C=O) groups is 1. The molecule has 0 unspecified atom stereocenters. The van der Waals surface area contributed by atoms with Crippen LogP contribution in [0.25, 0.3) is 0 Å². The Bertz CT molecular complexity index is 1050. The topological polar surface area (TPSA) is 79.4 Å². The summed E-state index contributed by atoms with van der Waals surface area (Å²) in [4.78, 5) is 23.6. The molecule has 31 heavy (non-hydrogen) atoms. The number of para-hydroxylation sites is 1. The van der Waals surface area contributed by atoms with E-state index >= 15 is 0 Å². The average Bonchev–Trinajstić information content (AvgIpc) is 3.29. The van der Waals surface area contributed by atoms with E-state index in [9.17, 15) is 4.79 Å². The molecule has 0 radical (unpaired) electrons. The Balaban J connectivity index is 1.34. The molecule has 2 aromatic carbocycles. The van der Waals surface area contributed by atoms with Crippen molar-refractivity contribution in [2.24, 2.45) is 0 Å². The molecule has 1 fully saturated rings. The molecule has 1 aliphatic rings. The number of amides is 1. The van der Waals surface area contributed by atoms with Gasteiger partial charge in [-0.1, -0.05) is 18.2 Å². The highest BCUT2D eigenvalue weighted by Crippen LogP contribution is 2.22. The highest BCUT2D eigenvalue weighted by Gasteiger charge is 2.15. The minimum Gasteiger partial charge on any atom is -0.483 e. The lowest BCUT2D eigenvalue weighted by Gasteiger charge is -2.17. The van der Waals surface area contributed by atoms with Gasteiger partial charge in [0.1, 0.15) is 11.6 Å². The van der Waals surface area contributed by atoms with Gasteiger partial charge in [-0.25, -0.2) is 4.98 Å². The van der Waals surface area contributed by atoms with Crippen LogP contribution >= 0.6 is 0 Å². The van der Waals surface area contributed by atoms with Crippen molar-refractivity contribution in [2.45, 2.75) is 26.7 Å². The van der Waals surface area contributed by atoms with Gasteiger partial charge in [-0.15, -0.1) is 0 Å². The maximum atomic E-state index is 12.2. The first-order valence-corrected chi connectivity index (χ1v) is 10.5. The van der Waals surface area contributed by atoms with E-state index in [0.29, 0.717) is 17.4 Å².